The Morgan fingerprint density at radius 2 is 1.91 bits per heavy atom. The molecule has 0 saturated heterocycles. The molecule has 0 unspecified atom stereocenters. The number of carbonyl (C=O) groups excluding carboxylic acids is 1. The second-order valence-electron chi connectivity index (χ2n) is 5.80. The van der Waals surface area contributed by atoms with E-state index in [2.05, 4.69) is 15.3 Å². The van der Waals surface area contributed by atoms with Gasteiger partial charge >= 0.3 is 5.69 Å². The molecule has 4 rings (SSSR count). The van der Waals surface area contributed by atoms with Crippen molar-refractivity contribution in [3.8, 4) is 0 Å². The summed E-state index contributed by atoms with van der Waals surface area (Å²) in [5.41, 5.74) is 2.83. The molecule has 0 aliphatic heterocycles. The van der Waals surface area contributed by atoms with E-state index < -0.39 is 0 Å². The van der Waals surface area contributed by atoms with Crippen LogP contribution in [-0.2, 0) is 4.79 Å². The first-order chi connectivity index (χ1) is 11.1. The van der Waals surface area contributed by atoms with E-state index in [0.29, 0.717) is 21.7 Å². The summed E-state index contributed by atoms with van der Waals surface area (Å²) in [4.78, 5) is 29.0. The molecule has 0 bridgehead atoms. The summed E-state index contributed by atoms with van der Waals surface area (Å²) in [5, 5.41) is 3.61. The van der Waals surface area contributed by atoms with E-state index in [1.54, 1.807) is 18.2 Å². The number of rotatable bonds is 3. The number of imidazole rings is 1. The molecule has 5 nitrogen and oxygen atoms in total. The minimum Gasteiger partial charge on any atom is -0.326 e. The van der Waals surface area contributed by atoms with E-state index in [1.807, 2.05) is 24.3 Å². The van der Waals surface area contributed by atoms with E-state index in [1.165, 1.54) is 0 Å². The van der Waals surface area contributed by atoms with Gasteiger partial charge in [-0.1, -0.05) is 29.8 Å². The number of benzene rings is 2. The number of H-pyrrole nitrogens is 2. The van der Waals surface area contributed by atoms with E-state index in [0.717, 1.165) is 12.0 Å². The standard InChI is InChI=1S/C17H14ClN3O2/c18-13-4-2-1-3-10(13)11-8-12(11)16(22)19-9-5-6-14-15(7-9)21-17(23)20-14/h1-7,11-12H,8H2,(H,19,22)(H2,20,21,23)/t11-,12-/m0/s1. The van der Waals surface area contributed by atoms with Crippen molar-refractivity contribution in [2.45, 2.75) is 12.3 Å². The molecule has 1 aliphatic carbocycles. The molecule has 2 atom stereocenters. The van der Waals surface area contributed by atoms with E-state index >= 15 is 0 Å². The summed E-state index contributed by atoms with van der Waals surface area (Å²) in [6.07, 6.45) is 0.804. The summed E-state index contributed by atoms with van der Waals surface area (Å²) in [5.74, 6) is 0.0996. The predicted molar refractivity (Wildman–Crippen MR) is 89.8 cm³/mol. The number of aromatic amines is 2. The van der Waals surface area contributed by atoms with Gasteiger partial charge in [-0.05, 0) is 42.2 Å². The third-order valence-electron chi connectivity index (χ3n) is 4.22. The Kier molecular flexibility index (Phi) is 3.23. The number of hydrogen-bond donors (Lipinski definition) is 3. The van der Waals surface area contributed by atoms with Crippen LogP contribution in [0.2, 0.25) is 5.02 Å². The predicted octanol–water partition coefficient (Wildman–Crippen LogP) is 3.25. The first-order valence-electron chi connectivity index (χ1n) is 7.39. The zero-order chi connectivity index (χ0) is 16.0. The van der Waals surface area contributed by atoms with Gasteiger partial charge in [0, 0.05) is 16.6 Å². The van der Waals surface area contributed by atoms with Gasteiger partial charge in [0.05, 0.1) is 11.0 Å². The third-order valence-corrected chi connectivity index (χ3v) is 4.56. The Balaban J connectivity index is 1.50. The lowest BCUT2D eigenvalue weighted by Crippen LogP contribution is -2.14. The number of amides is 1. The second-order valence-corrected chi connectivity index (χ2v) is 6.21. The van der Waals surface area contributed by atoms with Crippen molar-refractivity contribution in [1.29, 1.82) is 0 Å². The van der Waals surface area contributed by atoms with Crippen LogP contribution in [0, 0.1) is 5.92 Å². The first-order valence-corrected chi connectivity index (χ1v) is 7.77. The fraction of sp³-hybridized carbons (Fsp3) is 0.176. The fourth-order valence-corrected chi connectivity index (χ4v) is 3.23. The Bertz CT molecular complexity index is 960. The van der Waals surface area contributed by atoms with Crippen molar-refractivity contribution in [1.82, 2.24) is 9.97 Å². The van der Waals surface area contributed by atoms with E-state index in [4.69, 9.17) is 11.6 Å². The van der Waals surface area contributed by atoms with Crippen LogP contribution < -0.4 is 11.0 Å². The summed E-state index contributed by atoms with van der Waals surface area (Å²) >= 11 is 6.19. The lowest BCUT2D eigenvalue weighted by molar-refractivity contribution is -0.117. The molecule has 23 heavy (non-hydrogen) atoms. The van der Waals surface area contributed by atoms with Crippen molar-refractivity contribution < 1.29 is 4.79 Å². The van der Waals surface area contributed by atoms with Crippen LogP contribution in [0.3, 0.4) is 0 Å². The smallest absolute Gasteiger partial charge is 0.323 e. The van der Waals surface area contributed by atoms with Crippen LogP contribution in [0.25, 0.3) is 11.0 Å². The van der Waals surface area contributed by atoms with Crippen molar-refractivity contribution in [2.24, 2.45) is 5.92 Å². The van der Waals surface area contributed by atoms with Crippen molar-refractivity contribution >= 4 is 34.2 Å². The van der Waals surface area contributed by atoms with Crippen LogP contribution >= 0.6 is 11.6 Å². The maximum absolute atomic E-state index is 12.4. The largest absolute Gasteiger partial charge is 0.326 e. The Hall–Kier alpha value is -2.53. The van der Waals surface area contributed by atoms with E-state index in [9.17, 15) is 9.59 Å². The van der Waals surface area contributed by atoms with Crippen LogP contribution in [-0.4, -0.2) is 15.9 Å². The summed E-state index contributed by atoms with van der Waals surface area (Å²) in [6.45, 7) is 0. The highest BCUT2D eigenvalue weighted by atomic mass is 35.5. The molecule has 0 radical (unpaired) electrons. The molecule has 1 saturated carbocycles. The van der Waals surface area contributed by atoms with Crippen molar-refractivity contribution in [2.75, 3.05) is 5.32 Å². The van der Waals surface area contributed by atoms with Gasteiger partial charge in [0.2, 0.25) is 5.91 Å². The van der Waals surface area contributed by atoms with Gasteiger partial charge in [-0.25, -0.2) is 4.79 Å². The normalized spacial score (nSPS) is 19.7. The third kappa shape index (κ3) is 2.64. The molecule has 6 heteroatoms. The number of nitrogens with one attached hydrogen (secondary N) is 3. The van der Waals surface area contributed by atoms with Crippen LogP contribution in [0.15, 0.2) is 47.3 Å². The zero-order valence-electron chi connectivity index (χ0n) is 12.1. The van der Waals surface area contributed by atoms with Gasteiger partial charge in [0.25, 0.3) is 0 Å². The van der Waals surface area contributed by atoms with Gasteiger partial charge < -0.3 is 15.3 Å². The molecular formula is C17H14ClN3O2. The maximum Gasteiger partial charge on any atom is 0.323 e. The first kappa shape index (κ1) is 14.1. The fourth-order valence-electron chi connectivity index (χ4n) is 2.95. The average molecular weight is 328 g/mol. The van der Waals surface area contributed by atoms with Crippen LogP contribution in [0.1, 0.15) is 17.9 Å². The van der Waals surface area contributed by atoms with Gasteiger partial charge in [-0.15, -0.1) is 0 Å². The number of fused-ring (bicyclic) bond motifs is 1. The molecule has 3 aromatic rings. The van der Waals surface area contributed by atoms with Crippen molar-refractivity contribution in [3.63, 3.8) is 0 Å². The minimum absolute atomic E-state index is 0.0212. The quantitative estimate of drug-likeness (QED) is 0.690. The molecule has 1 amide bonds. The van der Waals surface area contributed by atoms with Crippen molar-refractivity contribution in [3.05, 3.63) is 63.5 Å². The molecule has 3 N–H and O–H groups in total. The second kappa shape index (κ2) is 5.28. The maximum atomic E-state index is 12.4. The lowest BCUT2D eigenvalue weighted by atomic mass is 10.1. The monoisotopic (exact) mass is 327 g/mol. The van der Waals surface area contributed by atoms with Crippen LogP contribution in [0.5, 0.6) is 0 Å². The SMILES string of the molecule is O=C(Nc1ccc2[nH]c(=O)[nH]c2c1)[C@H]1C[C@H]1c1ccccc1Cl. The highest BCUT2D eigenvalue weighted by Crippen LogP contribution is 2.50. The summed E-state index contributed by atoms with van der Waals surface area (Å²) in [6, 6.07) is 12.9. The lowest BCUT2D eigenvalue weighted by Gasteiger charge is -2.06. The molecular weight excluding hydrogens is 314 g/mol. The summed E-state index contributed by atoms with van der Waals surface area (Å²) < 4.78 is 0. The number of aromatic nitrogens is 2. The topological polar surface area (TPSA) is 77.8 Å². The van der Waals surface area contributed by atoms with Gasteiger partial charge in [0.1, 0.15) is 0 Å². The number of hydrogen-bond acceptors (Lipinski definition) is 2. The minimum atomic E-state index is -0.260. The molecule has 1 heterocycles. The molecule has 1 aromatic heterocycles. The molecule has 2 aromatic carbocycles. The Labute approximate surface area is 136 Å². The van der Waals surface area contributed by atoms with Gasteiger partial charge in [-0.2, -0.15) is 0 Å². The zero-order valence-corrected chi connectivity index (χ0v) is 12.9. The Morgan fingerprint density at radius 1 is 1.13 bits per heavy atom. The Morgan fingerprint density at radius 3 is 2.74 bits per heavy atom. The number of halogens is 1. The molecule has 116 valence electrons. The summed E-state index contributed by atoms with van der Waals surface area (Å²) in [7, 11) is 0. The van der Waals surface area contributed by atoms with Crippen LogP contribution in [0.4, 0.5) is 5.69 Å². The highest BCUT2D eigenvalue weighted by Gasteiger charge is 2.44. The number of anilines is 1. The van der Waals surface area contributed by atoms with Gasteiger partial charge in [0.15, 0.2) is 0 Å². The number of carbonyl (C=O) groups is 1. The molecule has 1 fully saturated rings. The highest BCUT2D eigenvalue weighted by molar-refractivity contribution is 6.31. The molecule has 0 spiro atoms. The molecule has 1 aliphatic rings. The average Bonchev–Trinajstić information content (AvgIpc) is 3.23. The van der Waals surface area contributed by atoms with E-state index in [-0.39, 0.29) is 23.4 Å². The van der Waals surface area contributed by atoms with Gasteiger partial charge in [-0.3, -0.25) is 4.79 Å².